The summed E-state index contributed by atoms with van der Waals surface area (Å²) in [5.74, 6) is 0.860. The molecule has 19 heavy (non-hydrogen) atoms. The first kappa shape index (κ1) is 13.4. The quantitative estimate of drug-likeness (QED) is 0.799. The zero-order valence-electron chi connectivity index (χ0n) is 11.1. The normalized spacial score (nSPS) is 22.5. The monoisotopic (exact) mass is 257 g/mol. The molecular weight excluding hydrogens is 238 g/mol. The number of amides is 1. The molecule has 0 heterocycles. The number of hydrogen-bond acceptors (Lipinski definition) is 3. The van der Waals surface area contributed by atoms with E-state index < -0.39 is 0 Å². The molecule has 4 nitrogen and oxygen atoms in total. The van der Waals surface area contributed by atoms with Gasteiger partial charge >= 0.3 is 0 Å². The smallest absolute Gasteiger partial charge is 0.227 e. The number of nitrogen functional groups attached to an aromatic ring is 1. The van der Waals surface area contributed by atoms with Crippen LogP contribution in [0.4, 0.5) is 11.4 Å². The molecule has 1 aliphatic carbocycles. The van der Waals surface area contributed by atoms with Crippen molar-refractivity contribution in [1.29, 1.82) is 5.26 Å². The lowest BCUT2D eigenvalue weighted by atomic mass is 9.82. The fraction of sp³-hybridized carbons (Fsp3) is 0.467. The number of nitrogens with two attached hydrogens (primary N) is 1. The van der Waals surface area contributed by atoms with Gasteiger partial charge in [-0.25, -0.2) is 0 Å². The molecule has 0 spiro atoms. The summed E-state index contributed by atoms with van der Waals surface area (Å²) in [6, 6.07) is 6.96. The van der Waals surface area contributed by atoms with Crippen LogP contribution in [-0.4, -0.2) is 5.91 Å². The van der Waals surface area contributed by atoms with Crippen LogP contribution in [0.2, 0.25) is 0 Å². The highest BCUT2D eigenvalue weighted by molar-refractivity contribution is 5.95. The highest BCUT2D eigenvalue weighted by atomic mass is 16.1. The van der Waals surface area contributed by atoms with Crippen molar-refractivity contribution >= 4 is 17.3 Å². The molecule has 1 aliphatic rings. The molecule has 1 aromatic rings. The van der Waals surface area contributed by atoms with E-state index in [2.05, 4.69) is 12.2 Å². The molecular formula is C15H19N3O. The van der Waals surface area contributed by atoms with E-state index in [9.17, 15) is 4.79 Å². The Hall–Kier alpha value is -2.02. The van der Waals surface area contributed by atoms with Crippen molar-refractivity contribution in [2.24, 2.45) is 11.8 Å². The van der Waals surface area contributed by atoms with Crippen LogP contribution in [0.3, 0.4) is 0 Å². The first-order valence-corrected chi connectivity index (χ1v) is 6.70. The summed E-state index contributed by atoms with van der Waals surface area (Å²) in [4.78, 5) is 12.1. The van der Waals surface area contributed by atoms with Crippen molar-refractivity contribution in [3.63, 3.8) is 0 Å². The summed E-state index contributed by atoms with van der Waals surface area (Å²) in [6.45, 7) is 2.23. The summed E-state index contributed by atoms with van der Waals surface area (Å²) in [6.07, 6.45) is 4.12. The minimum atomic E-state index is 0.0447. The number of hydrogen-bond donors (Lipinski definition) is 2. The van der Waals surface area contributed by atoms with Crippen LogP contribution in [0.5, 0.6) is 0 Å². The molecule has 4 heteroatoms. The van der Waals surface area contributed by atoms with Gasteiger partial charge in [-0.1, -0.05) is 6.92 Å². The number of carbonyl (C=O) groups excluding carboxylic acids is 1. The molecule has 0 bridgehead atoms. The number of benzene rings is 1. The summed E-state index contributed by atoms with van der Waals surface area (Å²) in [5.41, 5.74) is 7.37. The predicted octanol–water partition coefficient (Wildman–Crippen LogP) is 2.91. The van der Waals surface area contributed by atoms with Gasteiger partial charge in [-0.15, -0.1) is 0 Å². The van der Waals surface area contributed by atoms with E-state index in [0.717, 1.165) is 31.6 Å². The lowest BCUT2D eigenvalue weighted by Crippen LogP contribution is -2.26. The van der Waals surface area contributed by atoms with Crippen molar-refractivity contribution in [2.45, 2.75) is 32.6 Å². The van der Waals surface area contributed by atoms with Gasteiger partial charge in [0.15, 0.2) is 0 Å². The Bertz CT molecular complexity index is 511. The van der Waals surface area contributed by atoms with E-state index in [1.165, 1.54) is 0 Å². The second-order valence-electron chi connectivity index (χ2n) is 5.36. The average molecular weight is 257 g/mol. The highest BCUT2D eigenvalue weighted by Crippen LogP contribution is 2.30. The lowest BCUT2D eigenvalue weighted by molar-refractivity contribution is -0.121. The fourth-order valence-corrected chi connectivity index (χ4v) is 2.50. The minimum Gasteiger partial charge on any atom is -0.397 e. The maximum atomic E-state index is 12.1. The van der Waals surface area contributed by atoms with Crippen molar-refractivity contribution in [3.8, 4) is 6.07 Å². The standard InChI is InChI=1S/C15H19N3O/c1-10-2-5-12(6-3-10)15(19)18-14-7-4-11(9-16)8-13(14)17/h4,7-8,10,12H,2-3,5-6,17H2,1H3,(H,18,19). The van der Waals surface area contributed by atoms with Crippen LogP contribution in [0.15, 0.2) is 18.2 Å². The van der Waals surface area contributed by atoms with Crippen LogP contribution in [0.25, 0.3) is 0 Å². The fourth-order valence-electron chi connectivity index (χ4n) is 2.50. The molecule has 0 aromatic heterocycles. The Morgan fingerprint density at radius 1 is 1.37 bits per heavy atom. The van der Waals surface area contributed by atoms with E-state index >= 15 is 0 Å². The van der Waals surface area contributed by atoms with Crippen molar-refractivity contribution < 1.29 is 4.79 Å². The highest BCUT2D eigenvalue weighted by Gasteiger charge is 2.24. The molecule has 3 N–H and O–H groups in total. The molecule has 1 aromatic carbocycles. The third-order valence-electron chi connectivity index (χ3n) is 3.83. The van der Waals surface area contributed by atoms with Gasteiger partial charge in [0.2, 0.25) is 5.91 Å². The third-order valence-corrected chi connectivity index (χ3v) is 3.83. The Morgan fingerprint density at radius 2 is 2.05 bits per heavy atom. The van der Waals surface area contributed by atoms with Crippen LogP contribution in [0.1, 0.15) is 38.2 Å². The van der Waals surface area contributed by atoms with Gasteiger partial charge in [0.1, 0.15) is 0 Å². The van der Waals surface area contributed by atoms with E-state index in [4.69, 9.17) is 11.0 Å². The zero-order chi connectivity index (χ0) is 13.8. The topological polar surface area (TPSA) is 78.9 Å². The summed E-state index contributed by atoms with van der Waals surface area (Å²) >= 11 is 0. The van der Waals surface area contributed by atoms with E-state index in [-0.39, 0.29) is 11.8 Å². The molecule has 100 valence electrons. The van der Waals surface area contributed by atoms with Crippen molar-refractivity contribution in [3.05, 3.63) is 23.8 Å². The van der Waals surface area contributed by atoms with Crippen LogP contribution >= 0.6 is 0 Å². The number of rotatable bonds is 2. The molecule has 1 amide bonds. The second-order valence-corrected chi connectivity index (χ2v) is 5.36. The Morgan fingerprint density at radius 3 is 2.63 bits per heavy atom. The molecule has 0 radical (unpaired) electrons. The number of nitriles is 1. The zero-order valence-corrected chi connectivity index (χ0v) is 11.1. The molecule has 0 unspecified atom stereocenters. The lowest BCUT2D eigenvalue weighted by Gasteiger charge is -2.25. The Kier molecular flexibility index (Phi) is 4.06. The Labute approximate surface area is 113 Å². The Balaban J connectivity index is 2.01. The predicted molar refractivity (Wildman–Crippen MR) is 75.3 cm³/mol. The third kappa shape index (κ3) is 3.25. The number of anilines is 2. The minimum absolute atomic E-state index is 0.0447. The first-order valence-electron chi connectivity index (χ1n) is 6.70. The van der Waals surface area contributed by atoms with Gasteiger partial charge < -0.3 is 11.1 Å². The van der Waals surface area contributed by atoms with Crippen molar-refractivity contribution in [1.82, 2.24) is 0 Å². The summed E-state index contributed by atoms with van der Waals surface area (Å²) in [5, 5.41) is 11.6. The van der Waals surface area contributed by atoms with Gasteiger partial charge in [-0.05, 0) is 49.8 Å². The largest absolute Gasteiger partial charge is 0.397 e. The first-order chi connectivity index (χ1) is 9.10. The molecule has 0 atom stereocenters. The number of carbonyl (C=O) groups is 1. The number of nitrogens with one attached hydrogen (secondary N) is 1. The SMILES string of the molecule is CC1CCC(C(=O)Nc2ccc(C#N)cc2N)CC1. The van der Waals surface area contributed by atoms with Crippen LogP contribution < -0.4 is 11.1 Å². The maximum Gasteiger partial charge on any atom is 0.227 e. The molecule has 1 fully saturated rings. The molecule has 2 rings (SSSR count). The van der Waals surface area contributed by atoms with Gasteiger partial charge in [-0.3, -0.25) is 4.79 Å². The van der Waals surface area contributed by atoms with E-state index in [0.29, 0.717) is 16.9 Å². The molecule has 1 saturated carbocycles. The maximum absolute atomic E-state index is 12.1. The van der Waals surface area contributed by atoms with Gasteiger partial charge in [0.25, 0.3) is 0 Å². The molecule has 0 aliphatic heterocycles. The van der Waals surface area contributed by atoms with Crippen molar-refractivity contribution in [2.75, 3.05) is 11.1 Å². The number of nitrogens with zero attached hydrogens (tertiary/aromatic N) is 1. The van der Waals surface area contributed by atoms with Gasteiger partial charge in [0.05, 0.1) is 23.0 Å². The van der Waals surface area contributed by atoms with Crippen LogP contribution in [-0.2, 0) is 4.79 Å². The molecule has 0 saturated heterocycles. The second kappa shape index (κ2) is 5.75. The van der Waals surface area contributed by atoms with Crippen LogP contribution in [0, 0.1) is 23.2 Å². The van der Waals surface area contributed by atoms with E-state index in [1.807, 2.05) is 6.07 Å². The van der Waals surface area contributed by atoms with Gasteiger partial charge in [0, 0.05) is 5.92 Å². The van der Waals surface area contributed by atoms with Gasteiger partial charge in [-0.2, -0.15) is 5.26 Å². The average Bonchev–Trinajstić information content (AvgIpc) is 2.41. The summed E-state index contributed by atoms with van der Waals surface area (Å²) < 4.78 is 0. The summed E-state index contributed by atoms with van der Waals surface area (Å²) in [7, 11) is 0. The van der Waals surface area contributed by atoms with E-state index in [1.54, 1.807) is 18.2 Å².